The number of aromatic nitrogens is 1. The Kier molecular flexibility index (Phi) is 5.53. The van der Waals surface area contributed by atoms with Gasteiger partial charge < -0.3 is 4.74 Å². The van der Waals surface area contributed by atoms with E-state index >= 15 is 0 Å². The molecule has 0 fully saturated rings. The molecule has 0 aliphatic carbocycles. The minimum atomic E-state index is 0.0372. The highest BCUT2D eigenvalue weighted by atomic mass is 16.5. The molecule has 1 rings (SSSR count). The predicted octanol–water partition coefficient (Wildman–Crippen LogP) is 1.95. The van der Waals surface area contributed by atoms with Crippen LogP contribution >= 0.6 is 0 Å². The van der Waals surface area contributed by atoms with Crippen molar-refractivity contribution in [1.29, 1.82) is 0 Å². The van der Waals surface area contributed by atoms with E-state index in [1.807, 2.05) is 12.1 Å². The summed E-state index contributed by atoms with van der Waals surface area (Å²) in [6, 6.07) is 1.99. The lowest BCUT2D eigenvalue weighted by molar-refractivity contribution is 0.315. The molecule has 1 atom stereocenters. The molecule has 0 saturated heterocycles. The molecule has 1 heterocycles. The summed E-state index contributed by atoms with van der Waals surface area (Å²) in [7, 11) is 0. The molecule has 3 N–H and O–H groups in total. The molecule has 16 heavy (non-hydrogen) atoms. The Morgan fingerprint density at radius 2 is 2.44 bits per heavy atom. The summed E-state index contributed by atoms with van der Waals surface area (Å²) in [5.74, 6) is 6.26. The Morgan fingerprint density at radius 1 is 1.62 bits per heavy atom. The topological polar surface area (TPSA) is 60.2 Å². The summed E-state index contributed by atoms with van der Waals surface area (Å²) in [5, 5.41) is 0. The first-order chi connectivity index (χ1) is 7.81. The van der Waals surface area contributed by atoms with E-state index in [0.717, 1.165) is 24.2 Å². The summed E-state index contributed by atoms with van der Waals surface area (Å²) >= 11 is 0. The summed E-state index contributed by atoms with van der Waals surface area (Å²) < 4.78 is 5.51. The highest BCUT2D eigenvalue weighted by molar-refractivity contribution is 5.26. The van der Waals surface area contributed by atoms with Crippen LogP contribution in [-0.2, 0) is 0 Å². The summed E-state index contributed by atoms with van der Waals surface area (Å²) in [6.45, 7) is 6.47. The van der Waals surface area contributed by atoms with Gasteiger partial charge >= 0.3 is 0 Å². The lowest BCUT2D eigenvalue weighted by Gasteiger charge is -2.14. The van der Waals surface area contributed by atoms with E-state index in [-0.39, 0.29) is 6.04 Å². The lowest BCUT2D eigenvalue weighted by atomic mass is 10.1. The molecular formula is C12H19N3O. The van der Waals surface area contributed by atoms with Gasteiger partial charge in [0.1, 0.15) is 5.75 Å². The van der Waals surface area contributed by atoms with Crippen molar-refractivity contribution in [3.05, 3.63) is 36.7 Å². The number of hydrazine groups is 1. The fourth-order valence-electron chi connectivity index (χ4n) is 1.39. The molecular weight excluding hydrogens is 202 g/mol. The maximum Gasteiger partial charge on any atom is 0.137 e. The van der Waals surface area contributed by atoms with E-state index in [1.165, 1.54) is 0 Å². The van der Waals surface area contributed by atoms with Crippen LogP contribution in [0.2, 0.25) is 0 Å². The van der Waals surface area contributed by atoms with E-state index in [2.05, 4.69) is 23.9 Å². The van der Waals surface area contributed by atoms with Crippen LogP contribution in [0.3, 0.4) is 0 Å². The number of nitrogens with one attached hydrogen (secondary N) is 1. The molecule has 0 bridgehead atoms. The Bertz CT molecular complexity index is 328. The van der Waals surface area contributed by atoms with Crippen molar-refractivity contribution >= 4 is 0 Å². The van der Waals surface area contributed by atoms with E-state index < -0.39 is 0 Å². The van der Waals surface area contributed by atoms with Gasteiger partial charge in [0.2, 0.25) is 0 Å². The lowest BCUT2D eigenvalue weighted by Crippen LogP contribution is -2.27. The molecule has 1 unspecified atom stereocenters. The Labute approximate surface area is 96.5 Å². The zero-order valence-electron chi connectivity index (χ0n) is 9.65. The summed E-state index contributed by atoms with van der Waals surface area (Å²) in [4.78, 5) is 4.13. The third kappa shape index (κ3) is 3.64. The molecule has 1 aromatic rings. The van der Waals surface area contributed by atoms with Gasteiger partial charge in [0.25, 0.3) is 0 Å². The van der Waals surface area contributed by atoms with Gasteiger partial charge in [-0.15, -0.1) is 6.58 Å². The van der Waals surface area contributed by atoms with E-state index in [0.29, 0.717) is 6.61 Å². The Hall–Kier alpha value is -1.39. The van der Waals surface area contributed by atoms with Crippen LogP contribution in [0.15, 0.2) is 31.1 Å². The Morgan fingerprint density at radius 3 is 3.06 bits per heavy atom. The van der Waals surface area contributed by atoms with Crippen molar-refractivity contribution in [1.82, 2.24) is 10.4 Å². The molecule has 0 spiro atoms. The van der Waals surface area contributed by atoms with E-state index in [1.54, 1.807) is 12.4 Å². The Balaban J connectivity index is 2.74. The monoisotopic (exact) mass is 221 g/mol. The van der Waals surface area contributed by atoms with Crippen LogP contribution in [0.4, 0.5) is 0 Å². The third-order valence-electron chi connectivity index (χ3n) is 2.21. The number of ether oxygens (including phenoxy) is 1. The quantitative estimate of drug-likeness (QED) is 0.420. The molecule has 0 aromatic carbocycles. The molecule has 0 amide bonds. The van der Waals surface area contributed by atoms with Crippen LogP contribution in [0.5, 0.6) is 5.75 Å². The van der Waals surface area contributed by atoms with Gasteiger partial charge in [0, 0.05) is 6.20 Å². The zero-order chi connectivity index (χ0) is 11.8. The van der Waals surface area contributed by atoms with Crippen molar-refractivity contribution < 1.29 is 4.74 Å². The van der Waals surface area contributed by atoms with Gasteiger partial charge in [0.05, 0.1) is 18.8 Å². The fourth-order valence-corrected chi connectivity index (χ4v) is 1.39. The van der Waals surface area contributed by atoms with E-state index in [9.17, 15) is 0 Å². The van der Waals surface area contributed by atoms with Crippen molar-refractivity contribution in [2.75, 3.05) is 6.61 Å². The molecule has 0 aliphatic heterocycles. The average Bonchev–Trinajstić information content (AvgIpc) is 2.33. The van der Waals surface area contributed by atoms with Crippen molar-refractivity contribution in [3.63, 3.8) is 0 Å². The van der Waals surface area contributed by atoms with Crippen LogP contribution in [0, 0.1) is 0 Å². The van der Waals surface area contributed by atoms with Crippen molar-refractivity contribution in [3.8, 4) is 5.75 Å². The van der Waals surface area contributed by atoms with Gasteiger partial charge in [-0.3, -0.25) is 16.3 Å². The fraction of sp³-hybridized carbons (Fsp3) is 0.417. The van der Waals surface area contributed by atoms with Gasteiger partial charge in [-0.05, 0) is 24.5 Å². The maximum atomic E-state index is 5.51. The second-order valence-electron chi connectivity index (χ2n) is 3.55. The minimum Gasteiger partial charge on any atom is -0.492 e. The largest absolute Gasteiger partial charge is 0.492 e. The normalized spacial score (nSPS) is 12.1. The standard InChI is InChI=1S/C12H19N3O/c1-3-5-12(15-13)10-7-11(9-14-8-10)16-6-4-2/h3,7-9,12,15H,1,4-6,13H2,2H3. The molecule has 0 aliphatic rings. The molecule has 0 radical (unpaired) electrons. The second-order valence-corrected chi connectivity index (χ2v) is 3.55. The highest BCUT2D eigenvalue weighted by Gasteiger charge is 2.08. The molecule has 88 valence electrons. The van der Waals surface area contributed by atoms with Crippen LogP contribution < -0.4 is 16.0 Å². The van der Waals surface area contributed by atoms with Crippen molar-refractivity contribution in [2.45, 2.75) is 25.8 Å². The first-order valence-corrected chi connectivity index (χ1v) is 5.46. The van der Waals surface area contributed by atoms with Gasteiger partial charge in [0.15, 0.2) is 0 Å². The van der Waals surface area contributed by atoms with Crippen LogP contribution in [-0.4, -0.2) is 11.6 Å². The first kappa shape index (κ1) is 12.7. The molecule has 1 aromatic heterocycles. The van der Waals surface area contributed by atoms with Crippen LogP contribution in [0.25, 0.3) is 0 Å². The molecule has 4 heteroatoms. The van der Waals surface area contributed by atoms with Gasteiger partial charge in [-0.1, -0.05) is 13.0 Å². The first-order valence-electron chi connectivity index (χ1n) is 5.46. The number of nitrogens with zero attached hydrogens (tertiary/aromatic N) is 1. The third-order valence-corrected chi connectivity index (χ3v) is 2.21. The second kappa shape index (κ2) is 6.98. The summed E-state index contributed by atoms with van der Waals surface area (Å²) in [6.07, 6.45) is 7.06. The smallest absolute Gasteiger partial charge is 0.137 e. The SMILES string of the molecule is C=CCC(NN)c1cncc(OCCC)c1. The predicted molar refractivity (Wildman–Crippen MR) is 64.9 cm³/mol. The zero-order valence-corrected chi connectivity index (χ0v) is 9.65. The highest BCUT2D eigenvalue weighted by Crippen LogP contribution is 2.20. The maximum absolute atomic E-state index is 5.51. The van der Waals surface area contributed by atoms with E-state index in [4.69, 9.17) is 10.6 Å². The molecule has 0 saturated carbocycles. The molecule has 4 nitrogen and oxygen atoms in total. The summed E-state index contributed by atoms with van der Waals surface area (Å²) in [5.41, 5.74) is 3.75. The van der Waals surface area contributed by atoms with Gasteiger partial charge in [-0.25, -0.2) is 0 Å². The number of hydrogen-bond donors (Lipinski definition) is 2. The average molecular weight is 221 g/mol. The number of pyridine rings is 1. The minimum absolute atomic E-state index is 0.0372. The number of hydrogen-bond acceptors (Lipinski definition) is 4. The van der Waals surface area contributed by atoms with Gasteiger partial charge in [-0.2, -0.15) is 0 Å². The number of rotatable bonds is 7. The van der Waals surface area contributed by atoms with Crippen LogP contribution in [0.1, 0.15) is 31.4 Å². The number of nitrogens with two attached hydrogens (primary N) is 1. The van der Waals surface area contributed by atoms with Crippen molar-refractivity contribution in [2.24, 2.45) is 5.84 Å².